The minimum atomic E-state index is -3.28. The SMILES string of the molecule is CS(=O)(=O)c1snnc1C1CCCN(Cc2cccc(O)c2)C1. The van der Waals surface area contributed by atoms with Crippen molar-refractivity contribution >= 4 is 21.4 Å². The lowest BCUT2D eigenvalue weighted by Gasteiger charge is -2.32. The van der Waals surface area contributed by atoms with E-state index in [1.54, 1.807) is 12.1 Å². The van der Waals surface area contributed by atoms with Crippen LogP contribution in [0.25, 0.3) is 0 Å². The number of likely N-dealkylation sites (tertiary alicyclic amines) is 1. The van der Waals surface area contributed by atoms with E-state index in [1.165, 1.54) is 6.26 Å². The molecule has 3 rings (SSSR count). The van der Waals surface area contributed by atoms with Gasteiger partial charge in [-0.25, -0.2) is 8.42 Å². The lowest BCUT2D eigenvalue weighted by atomic mass is 9.95. The second kappa shape index (κ2) is 6.54. The Balaban J connectivity index is 1.75. The van der Waals surface area contributed by atoms with Crippen LogP contribution in [0.5, 0.6) is 5.75 Å². The number of nitrogens with zero attached hydrogens (tertiary/aromatic N) is 3. The van der Waals surface area contributed by atoms with Gasteiger partial charge in [-0.1, -0.05) is 16.6 Å². The molecule has 0 spiro atoms. The highest BCUT2D eigenvalue weighted by molar-refractivity contribution is 7.92. The van der Waals surface area contributed by atoms with E-state index < -0.39 is 9.84 Å². The Labute approximate surface area is 139 Å². The van der Waals surface area contributed by atoms with E-state index in [2.05, 4.69) is 14.5 Å². The number of aromatic nitrogens is 2. The van der Waals surface area contributed by atoms with Crippen LogP contribution in [-0.2, 0) is 16.4 Å². The van der Waals surface area contributed by atoms with E-state index in [0.717, 1.165) is 49.6 Å². The van der Waals surface area contributed by atoms with E-state index in [-0.39, 0.29) is 11.7 Å². The highest BCUT2D eigenvalue weighted by Crippen LogP contribution is 2.32. The zero-order chi connectivity index (χ0) is 16.4. The predicted octanol–water partition coefficient (Wildman–Crippen LogP) is 2.03. The molecule has 1 N–H and O–H groups in total. The largest absolute Gasteiger partial charge is 0.508 e. The molecule has 0 radical (unpaired) electrons. The molecule has 0 saturated carbocycles. The minimum Gasteiger partial charge on any atom is -0.508 e. The standard InChI is InChI=1S/C15H19N3O3S2/c1-23(20,21)15-14(16-17-22-15)12-5-3-7-18(10-12)9-11-4-2-6-13(19)8-11/h2,4,6,8,12,19H,3,5,7,9-10H2,1H3. The Morgan fingerprint density at radius 3 is 3.00 bits per heavy atom. The van der Waals surface area contributed by atoms with Crippen LogP contribution in [0.15, 0.2) is 28.5 Å². The summed E-state index contributed by atoms with van der Waals surface area (Å²) in [5.74, 6) is 0.351. The van der Waals surface area contributed by atoms with Gasteiger partial charge in [0.1, 0.15) is 5.75 Å². The Morgan fingerprint density at radius 1 is 1.43 bits per heavy atom. The highest BCUT2D eigenvalue weighted by Gasteiger charge is 2.29. The molecule has 0 aliphatic carbocycles. The molecule has 1 fully saturated rings. The molecule has 1 unspecified atom stereocenters. The quantitative estimate of drug-likeness (QED) is 0.905. The summed E-state index contributed by atoms with van der Waals surface area (Å²) in [6.07, 6.45) is 3.12. The van der Waals surface area contributed by atoms with Crippen LogP contribution in [0, 0.1) is 0 Å². The Morgan fingerprint density at radius 2 is 2.26 bits per heavy atom. The second-order valence-corrected chi connectivity index (χ2v) is 8.93. The molecule has 1 aromatic heterocycles. The van der Waals surface area contributed by atoms with Gasteiger partial charge in [0.15, 0.2) is 14.0 Å². The normalized spacial score (nSPS) is 19.8. The Hall–Kier alpha value is -1.51. The Kier molecular flexibility index (Phi) is 4.65. The molecule has 124 valence electrons. The molecular weight excluding hydrogens is 334 g/mol. The zero-order valence-electron chi connectivity index (χ0n) is 12.8. The van der Waals surface area contributed by atoms with Crippen molar-refractivity contribution in [1.29, 1.82) is 0 Å². The van der Waals surface area contributed by atoms with Gasteiger partial charge in [-0.05, 0) is 37.1 Å². The van der Waals surface area contributed by atoms with E-state index in [9.17, 15) is 13.5 Å². The third-order valence-electron chi connectivity index (χ3n) is 4.03. The maximum atomic E-state index is 11.9. The Bertz CT molecular complexity index is 789. The number of benzene rings is 1. The van der Waals surface area contributed by atoms with Crippen molar-refractivity contribution < 1.29 is 13.5 Å². The number of rotatable bonds is 4. The van der Waals surface area contributed by atoms with Crippen LogP contribution in [-0.4, -0.2) is 47.4 Å². The van der Waals surface area contributed by atoms with Gasteiger partial charge in [0.05, 0.1) is 5.69 Å². The second-order valence-electron chi connectivity index (χ2n) is 5.96. The van der Waals surface area contributed by atoms with Gasteiger partial charge in [0, 0.05) is 36.8 Å². The summed E-state index contributed by atoms with van der Waals surface area (Å²) in [5.41, 5.74) is 1.66. The average molecular weight is 353 g/mol. The summed E-state index contributed by atoms with van der Waals surface area (Å²) in [7, 11) is -3.28. The molecule has 2 aromatic rings. The summed E-state index contributed by atoms with van der Waals surface area (Å²) < 4.78 is 27.9. The van der Waals surface area contributed by atoms with Gasteiger partial charge < -0.3 is 5.11 Å². The number of phenolic OH excluding ortho intramolecular Hbond substituents is 1. The number of piperidine rings is 1. The van der Waals surface area contributed by atoms with Gasteiger partial charge in [0.25, 0.3) is 0 Å². The summed E-state index contributed by atoms with van der Waals surface area (Å²) >= 11 is 0.957. The molecular formula is C15H19N3O3S2. The first-order valence-corrected chi connectivity index (χ1v) is 10.1. The van der Waals surface area contributed by atoms with Crippen molar-refractivity contribution in [3.05, 3.63) is 35.5 Å². The van der Waals surface area contributed by atoms with Crippen LogP contribution in [0.2, 0.25) is 0 Å². The first-order valence-electron chi connectivity index (χ1n) is 7.46. The first-order chi connectivity index (χ1) is 10.9. The van der Waals surface area contributed by atoms with E-state index in [4.69, 9.17) is 0 Å². The van der Waals surface area contributed by atoms with Crippen LogP contribution < -0.4 is 0 Å². The average Bonchev–Trinajstić information content (AvgIpc) is 2.97. The van der Waals surface area contributed by atoms with Crippen molar-refractivity contribution in [2.24, 2.45) is 0 Å². The molecule has 2 heterocycles. The van der Waals surface area contributed by atoms with Crippen molar-refractivity contribution in [2.45, 2.75) is 29.5 Å². The number of hydrogen-bond donors (Lipinski definition) is 1. The van der Waals surface area contributed by atoms with Gasteiger partial charge in [-0.15, -0.1) is 5.10 Å². The van der Waals surface area contributed by atoms with Crippen molar-refractivity contribution in [2.75, 3.05) is 19.3 Å². The minimum absolute atomic E-state index is 0.0875. The fourth-order valence-electron chi connectivity index (χ4n) is 3.03. The maximum Gasteiger partial charge on any atom is 0.188 e. The van der Waals surface area contributed by atoms with Gasteiger partial charge >= 0.3 is 0 Å². The summed E-state index contributed by atoms with van der Waals surface area (Å²) in [6, 6.07) is 7.23. The van der Waals surface area contributed by atoms with Crippen LogP contribution >= 0.6 is 11.5 Å². The summed E-state index contributed by atoms with van der Waals surface area (Å²) in [5, 5.41) is 13.7. The first kappa shape index (κ1) is 16.4. The maximum absolute atomic E-state index is 11.9. The van der Waals surface area contributed by atoms with Gasteiger partial charge in [0.2, 0.25) is 0 Å². The smallest absolute Gasteiger partial charge is 0.188 e. The van der Waals surface area contributed by atoms with Gasteiger partial charge in [-0.2, -0.15) is 0 Å². The monoisotopic (exact) mass is 353 g/mol. The molecule has 6 nitrogen and oxygen atoms in total. The molecule has 1 saturated heterocycles. The van der Waals surface area contributed by atoms with Crippen LogP contribution in [0.1, 0.15) is 30.0 Å². The van der Waals surface area contributed by atoms with Crippen LogP contribution in [0.3, 0.4) is 0 Å². The highest BCUT2D eigenvalue weighted by atomic mass is 32.2. The zero-order valence-corrected chi connectivity index (χ0v) is 14.5. The molecule has 1 aliphatic heterocycles. The lowest BCUT2D eigenvalue weighted by Crippen LogP contribution is -2.34. The van der Waals surface area contributed by atoms with Crippen molar-refractivity contribution in [3.63, 3.8) is 0 Å². The molecule has 0 amide bonds. The third kappa shape index (κ3) is 3.88. The summed E-state index contributed by atoms with van der Waals surface area (Å²) in [4.78, 5) is 2.27. The number of aromatic hydroxyl groups is 1. The molecule has 1 aliphatic rings. The van der Waals surface area contributed by atoms with Crippen molar-refractivity contribution in [1.82, 2.24) is 14.5 Å². The van der Waals surface area contributed by atoms with Crippen LogP contribution in [0.4, 0.5) is 0 Å². The van der Waals surface area contributed by atoms with E-state index >= 15 is 0 Å². The fourth-order valence-corrected chi connectivity index (χ4v) is 4.76. The summed E-state index contributed by atoms with van der Waals surface area (Å²) in [6.45, 7) is 2.44. The lowest BCUT2D eigenvalue weighted by molar-refractivity contribution is 0.197. The molecule has 1 aromatic carbocycles. The number of phenols is 1. The fraction of sp³-hybridized carbons (Fsp3) is 0.467. The van der Waals surface area contributed by atoms with Crippen molar-refractivity contribution in [3.8, 4) is 5.75 Å². The topological polar surface area (TPSA) is 83.4 Å². The van der Waals surface area contributed by atoms with Gasteiger partial charge in [-0.3, -0.25) is 4.90 Å². The number of hydrogen-bond acceptors (Lipinski definition) is 7. The molecule has 8 heteroatoms. The predicted molar refractivity (Wildman–Crippen MR) is 88.4 cm³/mol. The third-order valence-corrected chi connectivity index (χ3v) is 6.58. The molecule has 1 atom stereocenters. The molecule has 23 heavy (non-hydrogen) atoms. The number of sulfone groups is 1. The van der Waals surface area contributed by atoms with E-state index in [1.807, 2.05) is 12.1 Å². The molecule has 0 bridgehead atoms. The van der Waals surface area contributed by atoms with E-state index in [0.29, 0.717) is 9.90 Å².